The lowest BCUT2D eigenvalue weighted by molar-refractivity contribution is 0.330. The van der Waals surface area contributed by atoms with Crippen LogP contribution in [0.4, 0.5) is 4.39 Å². The van der Waals surface area contributed by atoms with Gasteiger partial charge in [-0.25, -0.2) is 21.2 Å². The minimum Gasteiger partial charge on any atom is -0.229 e. The van der Waals surface area contributed by atoms with Crippen LogP contribution in [0.5, 0.6) is 0 Å². The normalized spacial score (nSPS) is 24.8. The van der Waals surface area contributed by atoms with Gasteiger partial charge in [-0.3, -0.25) is 0 Å². The lowest BCUT2D eigenvalue weighted by Gasteiger charge is -2.27. The third-order valence-corrected chi connectivity index (χ3v) is 7.89. The maximum Gasteiger partial charge on any atom is 0.246 e. The SMILES string of the molecule is Cc1ccc(F)c(S(=O)(=O)N(C2CC2)[C@@H]2CCS(=O)(=O)C2)c1. The molecule has 122 valence electrons. The van der Waals surface area contributed by atoms with Gasteiger partial charge in [0.15, 0.2) is 9.84 Å². The highest BCUT2D eigenvalue weighted by Crippen LogP contribution is 2.37. The molecule has 0 spiro atoms. The predicted octanol–water partition coefficient (Wildman–Crippen LogP) is 1.47. The average Bonchev–Trinajstić information content (AvgIpc) is 3.16. The van der Waals surface area contributed by atoms with Crippen molar-refractivity contribution in [2.75, 3.05) is 11.5 Å². The molecule has 8 heteroatoms. The number of hydrogen-bond acceptors (Lipinski definition) is 4. The van der Waals surface area contributed by atoms with Gasteiger partial charge in [0.1, 0.15) is 10.7 Å². The van der Waals surface area contributed by atoms with Crippen molar-refractivity contribution >= 4 is 19.9 Å². The standard InChI is InChI=1S/C14H18FNO4S2/c1-10-2-5-13(15)14(8-10)22(19,20)16(11-3-4-11)12-6-7-21(17,18)9-12/h2,5,8,11-12H,3-4,6-7,9H2,1H3/t12-/m1/s1. The molecule has 0 unspecified atom stereocenters. The van der Waals surface area contributed by atoms with Gasteiger partial charge in [-0.2, -0.15) is 4.31 Å². The van der Waals surface area contributed by atoms with E-state index >= 15 is 0 Å². The van der Waals surface area contributed by atoms with Crippen molar-refractivity contribution in [2.24, 2.45) is 0 Å². The van der Waals surface area contributed by atoms with Gasteiger partial charge < -0.3 is 0 Å². The first-order valence-electron chi connectivity index (χ1n) is 7.21. The molecule has 0 N–H and O–H groups in total. The maximum atomic E-state index is 14.0. The zero-order chi connectivity index (χ0) is 16.1. The van der Waals surface area contributed by atoms with E-state index in [1.807, 2.05) is 0 Å². The van der Waals surface area contributed by atoms with E-state index in [0.717, 1.165) is 6.07 Å². The van der Waals surface area contributed by atoms with Gasteiger partial charge in [0, 0.05) is 12.1 Å². The van der Waals surface area contributed by atoms with Crippen LogP contribution in [0.1, 0.15) is 24.8 Å². The molecule has 3 rings (SSSR count). The Bertz CT molecular complexity index is 800. The number of halogens is 1. The number of hydrogen-bond donors (Lipinski definition) is 0. The number of aryl methyl sites for hydroxylation is 1. The minimum absolute atomic E-state index is 0.00724. The summed E-state index contributed by atoms with van der Waals surface area (Å²) in [4.78, 5) is -0.358. The summed E-state index contributed by atoms with van der Waals surface area (Å²) in [5.41, 5.74) is 0.648. The molecule has 0 amide bonds. The van der Waals surface area contributed by atoms with E-state index in [9.17, 15) is 21.2 Å². The molecule has 5 nitrogen and oxygen atoms in total. The third kappa shape index (κ3) is 2.91. The Labute approximate surface area is 130 Å². The first-order chi connectivity index (χ1) is 10.2. The quantitative estimate of drug-likeness (QED) is 0.827. The number of sulfonamides is 1. The van der Waals surface area contributed by atoms with Crippen LogP contribution in [-0.2, 0) is 19.9 Å². The zero-order valence-electron chi connectivity index (χ0n) is 12.2. The summed E-state index contributed by atoms with van der Waals surface area (Å²) in [6, 6.07) is 3.17. The van der Waals surface area contributed by atoms with Gasteiger partial charge in [0.25, 0.3) is 0 Å². The van der Waals surface area contributed by atoms with Crippen LogP contribution in [0.3, 0.4) is 0 Å². The van der Waals surface area contributed by atoms with Crippen molar-refractivity contribution in [3.05, 3.63) is 29.6 Å². The topological polar surface area (TPSA) is 71.5 Å². The first kappa shape index (κ1) is 15.9. The molecule has 1 aliphatic carbocycles. The summed E-state index contributed by atoms with van der Waals surface area (Å²) < 4.78 is 64.4. The molecule has 0 radical (unpaired) electrons. The highest BCUT2D eigenvalue weighted by atomic mass is 32.2. The number of sulfone groups is 1. The average molecular weight is 347 g/mol. The van der Waals surface area contributed by atoms with Crippen molar-refractivity contribution in [3.8, 4) is 0 Å². The van der Waals surface area contributed by atoms with Crippen LogP contribution in [-0.4, -0.2) is 44.7 Å². The highest BCUT2D eigenvalue weighted by Gasteiger charge is 2.46. The van der Waals surface area contributed by atoms with E-state index in [0.29, 0.717) is 18.4 Å². The molecular formula is C14H18FNO4S2. The van der Waals surface area contributed by atoms with Crippen molar-refractivity contribution in [2.45, 2.75) is 43.2 Å². The van der Waals surface area contributed by atoms with Crippen molar-refractivity contribution in [1.82, 2.24) is 4.31 Å². The number of nitrogens with zero attached hydrogens (tertiary/aromatic N) is 1. The monoisotopic (exact) mass is 347 g/mol. The fourth-order valence-corrected chi connectivity index (χ4v) is 6.78. The van der Waals surface area contributed by atoms with Crippen LogP contribution in [0.15, 0.2) is 23.1 Å². The summed E-state index contributed by atoms with van der Waals surface area (Å²) in [5.74, 6) is -0.972. The molecule has 1 atom stereocenters. The van der Waals surface area contributed by atoms with E-state index in [1.54, 1.807) is 6.92 Å². The van der Waals surface area contributed by atoms with Crippen molar-refractivity contribution in [1.29, 1.82) is 0 Å². The third-order valence-electron chi connectivity index (χ3n) is 4.12. The van der Waals surface area contributed by atoms with Gasteiger partial charge in [-0.05, 0) is 43.9 Å². The first-order valence-corrected chi connectivity index (χ1v) is 10.5. The Hall–Kier alpha value is -0.990. The molecule has 1 saturated heterocycles. The van der Waals surface area contributed by atoms with Crippen molar-refractivity contribution in [3.63, 3.8) is 0 Å². The molecular weight excluding hydrogens is 329 g/mol. The van der Waals surface area contributed by atoms with Crippen LogP contribution in [0.2, 0.25) is 0 Å². The highest BCUT2D eigenvalue weighted by molar-refractivity contribution is 7.92. The molecule has 1 saturated carbocycles. The Balaban J connectivity index is 2.02. The Morgan fingerprint density at radius 1 is 1.18 bits per heavy atom. The molecule has 0 aromatic heterocycles. The van der Waals surface area contributed by atoms with Crippen LogP contribution < -0.4 is 0 Å². The second-order valence-corrected chi connectivity index (χ2v) is 10.1. The Morgan fingerprint density at radius 3 is 2.41 bits per heavy atom. The summed E-state index contributed by atoms with van der Waals surface area (Å²) in [5, 5.41) is 0. The second kappa shape index (κ2) is 5.28. The molecule has 1 aliphatic heterocycles. The van der Waals surface area contributed by atoms with E-state index in [4.69, 9.17) is 0 Å². The number of benzene rings is 1. The van der Waals surface area contributed by atoms with Gasteiger partial charge in [0.2, 0.25) is 10.0 Å². The summed E-state index contributed by atoms with van der Waals surface area (Å²) >= 11 is 0. The summed E-state index contributed by atoms with van der Waals surface area (Å²) in [7, 11) is -7.24. The molecule has 2 aliphatic rings. The smallest absolute Gasteiger partial charge is 0.229 e. The summed E-state index contributed by atoms with van der Waals surface area (Å²) in [6.07, 6.45) is 1.68. The fraction of sp³-hybridized carbons (Fsp3) is 0.571. The lowest BCUT2D eigenvalue weighted by Crippen LogP contribution is -2.43. The van der Waals surface area contributed by atoms with Crippen LogP contribution in [0, 0.1) is 12.7 Å². The molecule has 2 fully saturated rings. The van der Waals surface area contributed by atoms with Crippen LogP contribution in [0.25, 0.3) is 0 Å². The number of rotatable bonds is 4. The van der Waals surface area contributed by atoms with E-state index in [-0.39, 0.29) is 28.9 Å². The molecule has 1 aromatic carbocycles. The van der Waals surface area contributed by atoms with Gasteiger partial charge in [-0.15, -0.1) is 0 Å². The molecule has 22 heavy (non-hydrogen) atoms. The largest absolute Gasteiger partial charge is 0.246 e. The van der Waals surface area contributed by atoms with E-state index in [1.165, 1.54) is 16.4 Å². The Kier molecular flexibility index (Phi) is 3.81. The van der Waals surface area contributed by atoms with Gasteiger partial charge >= 0.3 is 0 Å². The second-order valence-electron chi connectivity index (χ2n) is 6.06. The van der Waals surface area contributed by atoms with Crippen LogP contribution >= 0.6 is 0 Å². The maximum absolute atomic E-state index is 14.0. The minimum atomic E-state index is -4.03. The molecule has 0 bridgehead atoms. The fourth-order valence-electron chi connectivity index (χ4n) is 2.92. The predicted molar refractivity (Wildman–Crippen MR) is 80.2 cm³/mol. The van der Waals surface area contributed by atoms with Crippen molar-refractivity contribution < 1.29 is 21.2 Å². The van der Waals surface area contributed by atoms with E-state index in [2.05, 4.69) is 0 Å². The molecule has 1 heterocycles. The zero-order valence-corrected chi connectivity index (χ0v) is 13.8. The molecule has 1 aromatic rings. The lowest BCUT2D eigenvalue weighted by atomic mass is 10.2. The summed E-state index contributed by atoms with van der Waals surface area (Å²) in [6.45, 7) is 1.69. The Morgan fingerprint density at radius 2 is 1.86 bits per heavy atom. The van der Waals surface area contributed by atoms with Gasteiger partial charge in [-0.1, -0.05) is 6.07 Å². The van der Waals surface area contributed by atoms with E-state index < -0.39 is 31.7 Å². The van der Waals surface area contributed by atoms with Gasteiger partial charge in [0.05, 0.1) is 11.5 Å².